The van der Waals surface area contributed by atoms with Crippen LogP contribution in [0.2, 0.25) is 0 Å². The molecule has 0 unspecified atom stereocenters. The normalized spacial score (nSPS) is 10.7. The predicted molar refractivity (Wildman–Crippen MR) is 74.2 cm³/mol. The first-order chi connectivity index (χ1) is 8.43. The van der Waals surface area contributed by atoms with Crippen molar-refractivity contribution in [2.45, 2.75) is 40.5 Å². The van der Waals surface area contributed by atoms with Gasteiger partial charge in [-0.3, -0.25) is 4.79 Å². The topological polar surface area (TPSA) is 49.3 Å². The summed E-state index contributed by atoms with van der Waals surface area (Å²) in [4.78, 5) is 10.4. The molecular formula is C15H23NO2. The Morgan fingerprint density at radius 2 is 1.67 bits per heavy atom. The largest absolute Gasteiger partial charge is 0.481 e. The van der Waals surface area contributed by atoms with Crippen molar-refractivity contribution >= 4 is 5.97 Å². The van der Waals surface area contributed by atoms with Crippen molar-refractivity contribution < 1.29 is 9.90 Å². The molecule has 0 aliphatic rings. The second-order valence-electron chi connectivity index (χ2n) is 4.88. The molecule has 18 heavy (non-hydrogen) atoms. The van der Waals surface area contributed by atoms with E-state index in [2.05, 4.69) is 39.1 Å². The van der Waals surface area contributed by atoms with Crippen molar-refractivity contribution in [1.29, 1.82) is 0 Å². The lowest BCUT2D eigenvalue weighted by Gasteiger charge is -2.15. The van der Waals surface area contributed by atoms with Crippen LogP contribution in [0, 0.1) is 27.7 Å². The average Bonchev–Trinajstić information content (AvgIpc) is 2.30. The lowest BCUT2D eigenvalue weighted by atomic mass is 9.92. The highest BCUT2D eigenvalue weighted by Gasteiger charge is 2.07. The summed E-state index contributed by atoms with van der Waals surface area (Å²) in [5.41, 5.74) is 6.78. The maximum Gasteiger partial charge on any atom is 0.304 e. The first-order valence-corrected chi connectivity index (χ1v) is 6.42. The van der Waals surface area contributed by atoms with Crippen LogP contribution in [0.5, 0.6) is 0 Å². The van der Waals surface area contributed by atoms with Crippen LogP contribution in [0.15, 0.2) is 6.07 Å². The zero-order valence-corrected chi connectivity index (χ0v) is 11.8. The average molecular weight is 249 g/mol. The number of carbonyl (C=O) groups is 1. The second kappa shape index (κ2) is 6.55. The van der Waals surface area contributed by atoms with Crippen LogP contribution in [-0.4, -0.2) is 24.2 Å². The molecule has 1 aromatic rings. The van der Waals surface area contributed by atoms with Crippen LogP contribution in [0.4, 0.5) is 0 Å². The fourth-order valence-electron chi connectivity index (χ4n) is 2.21. The van der Waals surface area contributed by atoms with Crippen LogP contribution < -0.4 is 5.32 Å². The molecular weight excluding hydrogens is 226 g/mol. The van der Waals surface area contributed by atoms with E-state index in [0.717, 1.165) is 13.0 Å². The molecule has 0 aliphatic heterocycles. The van der Waals surface area contributed by atoms with Crippen molar-refractivity contribution in [3.8, 4) is 0 Å². The lowest BCUT2D eigenvalue weighted by Crippen LogP contribution is -2.21. The van der Waals surface area contributed by atoms with Gasteiger partial charge in [-0.1, -0.05) is 6.07 Å². The highest BCUT2D eigenvalue weighted by molar-refractivity contribution is 5.66. The SMILES string of the molecule is Cc1cc(C)c(C)c(CCNCCC(=O)O)c1C. The first-order valence-electron chi connectivity index (χ1n) is 6.42. The molecule has 0 bridgehead atoms. The van der Waals surface area contributed by atoms with E-state index in [4.69, 9.17) is 5.11 Å². The van der Waals surface area contributed by atoms with Crippen LogP contribution >= 0.6 is 0 Å². The van der Waals surface area contributed by atoms with E-state index in [9.17, 15) is 4.79 Å². The number of nitrogens with one attached hydrogen (secondary N) is 1. The van der Waals surface area contributed by atoms with Gasteiger partial charge in [0.2, 0.25) is 0 Å². The summed E-state index contributed by atoms with van der Waals surface area (Å²) in [7, 11) is 0. The Morgan fingerprint density at radius 3 is 2.17 bits per heavy atom. The molecule has 3 nitrogen and oxygen atoms in total. The third-order valence-electron chi connectivity index (χ3n) is 3.59. The molecule has 3 heteroatoms. The van der Waals surface area contributed by atoms with Crippen LogP contribution in [0.1, 0.15) is 34.2 Å². The van der Waals surface area contributed by atoms with Gasteiger partial charge in [-0.15, -0.1) is 0 Å². The summed E-state index contributed by atoms with van der Waals surface area (Å²) in [5.74, 6) is -0.749. The molecule has 0 amide bonds. The summed E-state index contributed by atoms with van der Waals surface area (Å²) in [6.45, 7) is 9.98. The van der Waals surface area contributed by atoms with Crippen LogP contribution in [-0.2, 0) is 11.2 Å². The second-order valence-corrected chi connectivity index (χ2v) is 4.88. The minimum atomic E-state index is -0.749. The highest BCUT2D eigenvalue weighted by Crippen LogP contribution is 2.21. The molecule has 0 aromatic heterocycles. The van der Waals surface area contributed by atoms with E-state index in [1.54, 1.807) is 0 Å². The zero-order valence-electron chi connectivity index (χ0n) is 11.8. The van der Waals surface area contributed by atoms with E-state index >= 15 is 0 Å². The van der Waals surface area contributed by atoms with Gasteiger partial charge in [0.25, 0.3) is 0 Å². The number of aliphatic carboxylic acids is 1. The molecule has 2 N–H and O–H groups in total. The number of rotatable bonds is 6. The Morgan fingerprint density at radius 1 is 1.11 bits per heavy atom. The fourth-order valence-corrected chi connectivity index (χ4v) is 2.21. The Hall–Kier alpha value is -1.35. The van der Waals surface area contributed by atoms with Crippen LogP contribution in [0.3, 0.4) is 0 Å². The van der Waals surface area contributed by atoms with Crippen molar-refractivity contribution in [2.24, 2.45) is 0 Å². The quantitative estimate of drug-likeness (QED) is 0.762. The van der Waals surface area contributed by atoms with E-state index in [0.29, 0.717) is 6.54 Å². The molecule has 0 radical (unpaired) electrons. The van der Waals surface area contributed by atoms with Gasteiger partial charge >= 0.3 is 5.97 Å². The van der Waals surface area contributed by atoms with Gasteiger partial charge in [-0.25, -0.2) is 0 Å². The molecule has 1 aromatic carbocycles. The molecule has 1 rings (SSSR count). The summed E-state index contributed by atoms with van der Waals surface area (Å²) in [5, 5.41) is 11.7. The lowest BCUT2D eigenvalue weighted by molar-refractivity contribution is -0.136. The van der Waals surface area contributed by atoms with Crippen LogP contribution in [0.25, 0.3) is 0 Å². The number of benzene rings is 1. The van der Waals surface area contributed by atoms with E-state index in [1.807, 2.05) is 0 Å². The third-order valence-corrected chi connectivity index (χ3v) is 3.59. The maximum atomic E-state index is 10.4. The minimum Gasteiger partial charge on any atom is -0.481 e. The monoisotopic (exact) mass is 249 g/mol. The Kier molecular flexibility index (Phi) is 5.35. The molecule has 0 atom stereocenters. The summed E-state index contributed by atoms with van der Waals surface area (Å²) < 4.78 is 0. The fraction of sp³-hybridized carbons (Fsp3) is 0.533. The standard InChI is InChI=1S/C15H23NO2/c1-10-9-11(2)13(4)14(12(10)3)5-7-16-8-6-15(17)18/h9,16H,5-8H2,1-4H3,(H,17,18). The van der Waals surface area contributed by atoms with Crippen molar-refractivity contribution in [1.82, 2.24) is 5.32 Å². The van der Waals surface area contributed by atoms with Crippen molar-refractivity contribution in [3.05, 3.63) is 33.9 Å². The van der Waals surface area contributed by atoms with Gasteiger partial charge in [-0.2, -0.15) is 0 Å². The van der Waals surface area contributed by atoms with Gasteiger partial charge in [0, 0.05) is 6.54 Å². The van der Waals surface area contributed by atoms with Gasteiger partial charge in [0.05, 0.1) is 6.42 Å². The predicted octanol–water partition coefficient (Wildman–Crippen LogP) is 2.53. The summed E-state index contributed by atoms with van der Waals surface area (Å²) in [6, 6.07) is 2.23. The van der Waals surface area contributed by atoms with Crippen molar-refractivity contribution in [3.63, 3.8) is 0 Å². The van der Waals surface area contributed by atoms with E-state index < -0.39 is 5.97 Å². The molecule has 100 valence electrons. The summed E-state index contributed by atoms with van der Waals surface area (Å²) >= 11 is 0. The Bertz CT molecular complexity index is 412. The van der Waals surface area contributed by atoms with E-state index in [1.165, 1.54) is 27.8 Å². The smallest absolute Gasteiger partial charge is 0.304 e. The minimum absolute atomic E-state index is 0.185. The van der Waals surface area contributed by atoms with Crippen molar-refractivity contribution in [2.75, 3.05) is 13.1 Å². The third kappa shape index (κ3) is 3.84. The van der Waals surface area contributed by atoms with Gasteiger partial charge < -0.3 is 10.4 Å². The molecule has 0 saturated heterocycles. The highest BCUT2D eigenvalue weighted by atomic mass is 16.4. The zero-order chi connectivity index (χ0) is 13.7. The van der Waals surface area contributed by atoms with Gasteiger partial charge in [0.1, 0.15) is 0 Å². The Labute approximate surface area is 109 Å². The van der Waals surface area contributed by atoms with Gasteiger partial charge in [-0.05, 0) is 68.5 Å². The molecule has 0 spiro atoms. The Balaban J connectivity index is 2.59. The molecule has 0 fully saturated rings. The van der Waals surface area contributed by atoms with Gasteiger partial charge in [0.15, 0.2) is 0 Å². The number of hydrogen-bond acceptors (Lipinski definition) is 2. The first kappa shape index (κ1) is 14.7. The molecule has 0 saturated carbocycles. The number of aryl methyl sites for hydroxylation is 2. The van der Waals surface area contributed by atoms with E-state index in [-0.39, 0.29) is 6.42 Å². The number of hydrogen-bond donors (Lipinski definition) is 2. The molecule has 0 heterocycles. The summed E-state index contributed by atoms with van der Waals surface area (Å²) in [6.07, 6.45) is 1.14. The number of carboxylic acid groups (broad SMARTS) is 1. The molecule has 0 aliphatic carbocycles. The maximum absolute atomic E-state index is 10.4. The number of carboxylic acids is 1.